The predicted molar refractivity (Wildman–Crippen MR) is 89.0 cm³/mol. The highest BCUT2D eigenvalue weighted by Gasteiger charge is 2.13. The first-order valence-corrected chi connectivity index (χ1v) is 8.27. The van der Waals surface area contributed by atoms with E-state index in [0.717, 1.165) is 16.6 Å². The summed E-state index contributed by atoms with van der Waals surface area (Å²) in [7, 11) is 1.83. The molecule has 0 atom stereocenters. The number of benzene rings is 1. The van der Waals surface area contributed by atoms with E-state index < -0.39 is 0 Å². The minimum absolute atomic E-state index is 0.0282. The summed E-state index contributed by atoms with van der Waals surface area (Å²) in [5, 5.41) is 2.58. The molecule has 108 valence electrons. The Morgan fingerprint density at radius 2 is 2.24 bits per heavy atom. The molecular weight excluding hydrogens is 302 g/mol. The number of thiazole rings is 1. The molecule has 0 aliphatic carbocycles. The molecule has 0 saturated carbocycles. The third-order valence-electron chi connectivity index (χ3n) is 3.27. The van der Waals surface area contributed by atoms with Crippen molar-refractivity contribution in [3.63, 3.8) is 0 Å². The lowest BCUT2D eigenvalue weighted by Crippen LogP contribution is -2.28. The smallest absolute Gasteiger partial charge is 0.253 e. The normalized spacial score (nSPS) is 10.9. The maximum atomic E-state index is 12.4. The number of nitrogens with zero attached hydrogens (tertiary/aromatic N) is 2. The standard InChI is InChI=1S/C15H15N3OS2/c1-18(7-6-11-3-2-8-20-11)14(19)10-4-5-12-13(9-10)21-15(16)17-12/h2-5,8-9H,6-7H2,1H3,(H2,16,17). The molecule has 0 unspecified atom stereocenters. The zero-order chi connectivity index (χ0) is 14.8. The van der Waals surface area contributed by atoms with E-state index in [2.05, 4.69) is 16.4 Å². The van der Waals surface area contributed by atoms with Gasteiger partial charge in [0, 0.05) is 24.0 Å². The molecule has 0 fully saturated rings. The second kappa shape index (κ2) is 5.83. The van der Waals surface area contributed by atoms with Crippen LogP contribution >= 0.6 is 22.7 Å². The number of aromatic nitrogens is 1. The fourth-order valence-electron chi connectivity index (χ4n) is 2.13. The van der Waals surface area contributed by atoms with Gasteiger partial charge in [-0.25, -0.2) is 4.98 Å². The van der Waals surface area contributed by atoms with Gasteiger partial charge in [-0.1, -0.05) is 17.4 Å². The second-order valence-corrected chi connectivity index (χ2v) is 6.89. The van der Waals surface area contributed by atoms with E-state index in [1.54, 1.807) is 16.2 Å². The second-order valence-electron chi connectivity index (χ2n) is 4.79. The fraction of sp³-hybridized carbons (Fsp3) is 0.200. The van der Waals surface area contributed by atoms with Gasteiger partial charge < -0.3 is 10.6 Å². The van der Waals surface area contributed by atoms with Gasteiger partial charge in [-0.05, 0) is 36.1 Å². The summed E-state index contributed by atoms with van der Waals surface area (Å²) in [6.07, 6.45) is 0.885. The molecule has 1 aromatic carbocycles. The summed E-state index contributed by atoms with van der Waals surface area (Å²) >= 11 is 3.12. The lowest BCUT2D eigenvalue weighted by Gasteiger charge is -2.16. The highest BCUT2D eigenvalue weighted by atomic mass is 32.1. The quantitative estimate of drug-likeness (QED) is 0.803. The molecule has 3 aromatic rings. The Morgan fingerprint density at radius 1 is 1.38 bits per heavy atom. The Labute approximate surface area is 130 Å². The van der Waals surface area contributed by atoms with Crippen molar-refractivity contribution in [2.24, 2.45) is 0 Å². The van der Waals surface area contributed by atoms with Crippen molar-refractivity contribution in [3.05, 3.63) is 46.2 Å². The van der Waals surface area contributed by atoms with Crippen LogP contribution in [0.1, 0.15) is 15.2 Å². The highest BCUT2D eigenvalue weighted by Crippen LogP contribution is 2.25. The summed E-state index contributed by atoms with van der Waals surface area (Å²) in [4.78, 5) is 19.7. The number of carbonyl (C=O) groups is 1. The van der Waals surface area contributed by atoms with Gasteiger partial charge in [-0.15, -0.1) is 11.3 Å². The number of rotatable bonds is 4. The number of amides is 1. The van der Waals surface area contributed by atoms with Crippen LogP contribution in [-0.2, 0) is 6.42 Å². The molecule has 0 saturated heterocycles. The van der Waals surface area contributed by atoms with Gasteiger partial charge in [0.05, 0.1) is 10.2 Å². The Balaban J connectivity index is 1.72. The molecule has 21 heavy (non-hydrogen) atoms. The molecule has 3 rings (SSSR count). The van der Waals surface area contributed by atoms with Crippen molar-refractivity contribution in [1.29, 1.82) is 0 Å². The van der Waals surface area contributed by atoms with Crippen molar-refractivity contribution in [1.82, 2.24) is 9.88 Å². The van der Waals surface area contributed by atoms with Crippen LogP contribution in [0.2, 0.25) is 0 Å². The number of likely N-dealkylation sites (N-methyl/N-ethyl adjacent to an activating group) is 1. The summed E-state index contributed by atoms with van der Waals surface area (Å²) < 4.78 is 0.949. The third kappa shape index (κ3) is 3.06. The van der Waals surface area contributed by atoms with Crippen molar-refractivity contribution in [2.45, 2.75) is 6.42 Å². The predicted octanol–water partition coefficient (Wildman–Crippen LogP) is 3.25. The number of hydrogen-bond acceptors (Lipinski definition) is 5. The maximum Gasteiger partial charge on any atom is 0.253 e. The van der Waals surface area contributed by atoms with Gasteiger partial charge in [0.25, 0.3) is 5.91 Å². The van der Waals surface area contributed by atoms with Crippen molar-refractivity contribution in [3.8, 4) is 0 Å². The minimum atomic E-state index is 0.0282. The van der Waals surface area contributed by atoms with Crippen molar-refractivity contribution in [2.75, 3.05) is 19.3 Å². The van der Waals surface area contributed by atoms with E-state index >= 15 is 0 Å². The Kier molecular flexibility index (Phi) is 3.90. The number of hydrogen-bond donors (Lipinski definition) is 1. The topological polar surface area (TPSA) is 59.2 Å². The number of nitrogen functional groups attached to an aromatic ring is 1. The van der Waals surface area contributed by atoms with Gasteiger partial charge in [-0.3, -0.25) is 4.79 Å². The number of thiophene rings is 1. The van der Waals surface area contributed by atoms with E-state index in [9.17, 15) is 4.79 Å². The molecule has 6 heteroatoms. The lowest BCUT2D eigenvalue weighted by atomic mass is 10.2. The summed E-state index contributed by atoms with van der Waals surface area (Å²) in [6.45, 7) is 0.711. The Morgan fingerprint density at radius 3 is 3.00 bits per heavy atom. The Hall–Kier alpha value is -1.92. The molecule has 0 spiro atoms. The van der Waals surface area contributed by atoms with Crippen molar-refractivity contribution >= 4 is 43.9 Å². The molecule has 1 amide bonds. The minimum Gasteiger partial charge on any atom is -0.375 e. The summed E-state index contributed by atoms with van der Waals surface area (Å²) in [5.41, 5.74) is 7.21. The first-order valence-electron chi connectivity index (χ1n) is 6.57. The van der Waals surface area contributed by atoms with E-state index in [1.165, 1.54) is 16.2 Å². The molecule has 0 radical (unpaired) electrons. The van der Waals surface area contributed by atoms with Crippen LogP contribution in [0, 0.1) is 0 Å². The van der Waals surface area contributed by atoms with Crippen LogP contribution in [-0.4, -0.2) is 29.4 Å². The number of fused-ring (bicyclic) bond motifs is 1. The molecule has 4 nitrogen and oxygen atoms in total. The molecule has 2 heterocycles. The van der Waals surface area contributed by atoms with Crippen LogP contribution in [0.15, 0.2) is 35.7 Å². The zero-order valence-corrected chi connectivity index (χ0v) is 13.2. The van der Waals surface area contributed by atoms with Gasteiger partial charge in [0.15, 0.2) is 5.13 Å². The SMILES string of the molecule is CN(CCc1cccs1)C(=O)c1ccc2nc(N)sc2c1. The summed E-state index contributed by atoms with van der Waals surface area (Å²) in [6, 6.07) is 9.65. The first kappa shape index (κ1) is 14.0. The maximum absolute atomic E-state index is 12.4. The Bertz CT molecular complexity index is 764. The monoisotopic (exact) mass is 317 g/mol. The van der Waals surface area contributed by atoms with Gasteiger partial charge in [-0.2, -0.15) is 0 Å². The fourth-order valence-corrected chi connectivity index (χ4v) is 3.60. The van der Waals surface area contributed by atoms with Crippen LogP contribution in [0.4, 0.5) is 5.13 Å². The van der Waals surface area contributed by atoms with Crippen LogP contribution in [0.5, 0.6) is 0 Å². The van der Waals surface area contributed by atoms with Crippen LogP contribution < -0.4 is 5.73 Å². The van der Waals surface area contributed by atoms with Crippen molar-refractivity contribution < 1.29 is 4.79 Å². The zero-order valence-electron chi connectivity index (χ0n) is 11.6. The summed E-state index contributed by atoms with van der Waals surface area (Å²) in [5.74, 6) is 0.0282. The molecule has 2 aromatic heterocycles. The van der Waals surface area contributed by atoms with Crippen LogP contribution in [0.25, 0.3) is 10.2 Å². The highest BCUT2D eigenvalue weighted by molar-refractivity contribution is 7.22. The number of carbonyl (C=O) groups excluding carboxylic acids is 1. The van der Waals surface area contributed by atoms with Crippen LogP contribution in [0.3, 0.4) is 0 Å². The van der Waals surface area contributed by atoms with E-state index in [0.29, 0.717) is 17.2 Å². The van der Waals surface area contributed by atoms with Gasteiger partial charge in [0.1, 0.15) is 0 Å². The molecule has 0 aliphatic heterocycles. The average molecular weight is 317 g/mol. The number of anilines is 1. The van der Waals surface area contributed by atoms with E-state index in [1.807, 2.05) is 31.3 Å². The largest absolute Gasteiger partial charge is 0.375 e. The first-order chi connectivity index (χ1) is 10.1. The molecule has 2 N–H and O–H groups in total. The molecular formula is C15H15N3OS2. The van der Waals surface area contributed by atoms with E-state index in [-0.39, 0.29) is 5.91 Å². The average Bonchev–Trinajstić information content (AvgIpc) is 3.10. The molecule has 0 aliphatic rings. The van der Waals surface area contributed by atoms with E-state index in [4.69, 9.17) is 5.73 Å². The van der Waals surface area contributed by atoms with Gasteiger partial charge >= 0.3 is 0 Å². The van der Waals surface area contributed by atoms with Gasteiger partial charge in [0.2, 0.25) is 0 Å². The lowest BCUT2D eigenvalue weighted by molar-refractivity contribution is 0.0797. The number of nitrogens with two attached hydrogens (primary N) is 1. The third-order valence-corrected chi connectivity index (χ3v) is 5.06. The molecule has 0 bridgehead atoms.